The van der Waals surface area contributed by atoms with Crippen LogP contribution >= 0.6 is 23.2 Å². The van der Waals surface area contributed by atoms with E-state index in [1.54, 1.807) is 36.5 Å². The smallest absolute Gasteiger partial charge is 0.146 e. The van der Waals surface area contributed by atoms with Crippen LogP contribution in [0.25, 0.3) is 0 Å². The second kappa shape index (κ2) is 4.60. The van der Waals surface area contributed by atoms with Crippen molar-refractivity contribution in [2.75, 3.05) is 5.73 Å². The van der Waals surface area contributed by atoms with Crippen LogP contribution in [0.4, 0.5) is 5.82 Å². The minimum absolute atomic E-state index is 0.391. The van der Waals surface area contributed by atoms with E-state index in [0.717, 1.165) is 0 Å². The van der Waals surface area contributed by atoms with Gasteiger partial charge < -0.3 is 10.5 Å². The van der Waals surface area contributed by atoms with E-state index >= 15 is 0 Å². The van der Waals surface area contributed by atoms with Crippen molar-refractivity contribution in [2.45, 2.75) is 0 Å². The van der Waals surface area contributed by atoms with Crippen molar-refractivity contribution in [1.29, 1.82) is 0 Å². The molecule has 0 atom stereocenters. The number of nitrogen functional groups attached to an aromatic ring is 1. The molecule has 0 spiro atoms. The van der Waals surface area contributed by atoms with Gasteiger partial charge in [0.05, 0.1) is 5.02 Å². The standard InChI is InChI=1S/C11H8Cl2N2O/c12-7-1-2-10(9(13)5-7)16-8-3-4-15-11(14)6-8/h1-6H,(H2,14,15). The van der Waals surface area contributed by atoms with Crippen molar-refractivity contribution >= 4 is 29.0 Å². The van der Waals surface area contributed by atoms with Crippen LogP contribution in [0, 0.1) is 0 Å². The lowest BCUT2D eigenvalue weighted by Gasteiger charge is -2.07. The first-order valence-electron chi connectivity index (χ1n) is 4.49. The second-order valence-electron chi connectivity index (χ2n) is 3.09. The summed E-state index contributed by atoms with van der Waals surface area (Å²) in [5, 5.41) is 1.01. The predicted molar refractivity (Wildman–Crippen MR) is 65.2 cm³/mol. The van der Waals surface area contributed by atoms with Crippen LogP contribution in [0.1, 0.15) is 0 Å². The Bertz CT molecular complexity index is 517. The minimum atomic E-state index is 0.391. The molecule has 1 aromatic carbocycles. The van der Waals surface area contributed by atoms with Gasteiger partial charge in [0.25, 0.3) is 0 Å². The van der Waals surface area contributed by atoms with Gasteiger partial charge in [0.2, 0.25) is 0 Å². The number of rotatable bonds is 2. The number of anilines is 1. The van der Waals surface area contributed by atoms with E-state index in [2.05, 4.69) is 4.98 Å². The van der Waals surface area contributed by atoms with Crippen LogP contribution in [-0.4, -0.2) is 4.98 Å². The summed E-state index contributed by atoms with van der Waals surface area (Å²) in [5.74, 6) is 1.50. The highest BCUT2D eigenvalue weighted by Crippen LogP contribution is 2.31. The maximum Gasteiger partial charge on any atom is 0.146 e. The number of halogens is 2. The van der Waals surface area contributed by atoms with Crippen LogP contribution in [0.2, 0.25) is 10.0 Å². The lowest BCUT2D eigenvalue weighted by molar-refractivity contribution is 0.482. The predicted octanol–water partition coefficient (Wildman–Crippen LogP) is 3.76. The summed E-state index contributed by atoms with van der Waals surface area (Å²) in [6.45, 7) is 0. The van der Waals surface area contributed by atoms with Crippen molar-refractivity contribution in [1.82, 2.24) is 4.98 Å². The van der Waals surface area contributed by atoms with Gasteiger partial charge in [0.1, 0.15) is 17.3 Å². The van der Waals surface area contributed by atoms with Crippen LogP contribution in [0.3, 0.4) is 0 Å². The Morgan fingerprint density at radius 1 is 1.12 bits per heavy atom. The Morgan fingerprint density at radius 2 is 1.94 bits per heavy atom. The molecule has 0 radical (unpaired) electrons. The maximum atomic E-state index is 5.96. The largest absolute Gasteiger partial charge is 0.456 e. The number of hydrogen-bond acceptors (Lipinski definition) is 3. The topological polar surface area (TPSA) is 48.1 Å². The average Bonchev–Trinajstić information content (AvgIpc) is 2.22. The molecule has 0 amide bonds. The van der Waals surface area contributed by atoms with E-state index in [1.165, 1.54) is 0 Å². The molecule has 0 aliphatic carbocycles. The van der Waals surface area contributed by atoms with Crippen molar-refractivity contribution in [3.63, 3.8) is 0 Å². The molecule has 2 N–H and O–H groups in total. The number of ether oxygens (including phenoxy) is 1. The number of nitrogens with two attached hydrogens (primary N) is 1. The van der Waals surface area contributed by atoms with Crippen LogP contribution in [-0.2, 0) is 0 Å². The number of pyridine rings is 1. The third-order valence-corrected chi connectivity index (χ3v) is 2.40. The summed E-state index contributed by atoms with van der Waals surface area (Å²) in [6, 6.07) is 8.32. The van der Waals surface area contributed by atoms with Gasteiger partial charge in [-0.25, -0.2) is 4.98 Å². The lowest BCUT2D eigenvalue weighted by atomic mass is 10.3. The summed E-state index contributed by atoms with van der Waals surface area (Å²) in [4.78, 5) is 3.86. The fraction of sp³-hybridized carbons (Fsp3) is 0. The zero-order valence-corrected chi connectivity index (χ0v) is 9.66. The number of aromatic nitrogens is 1. The van der Waals surface area contributed by atoms with Gasteiger partial charge in [0.15, 0.2) is 0 Å². The molecule has 16 heavy (non-hydrogen) atoms. The van der Waals surface area contributed by atoms with Gasteiger partial charge >= 0.3 is 0 Å². The van der Waals surface area contributed by atoms with Crippen LogP contribution in [0.15, 0.2) is 36.5 Å². The van der Waals surface area contributed by atoms with Crippen LogP contribution < -0.4 is 10.5 Å². The summed E-state index contributed by atoms with van der Waals surface area (Å²) in [6.07, 6.45) is 1.56. The molecular formula is C11H8Cl2N2O. The molecule has 2 rings (SSSR count). The zero-order chi connectivity index (χ0) is 11.5. The molecule has 0 saturated heterocycles. The Hall–Kier alpha value is -1.45. The molecule has 0 aliphatic rings. The third kappa shape index (κ3) is 2.56. The molecule has 1 heterocycles. The number of benzene rings is 1. The monoisotopic (exact) mass is 254 g/mol. The molecule has 0 bridgehead atoms. The summed E-state index contributed by atoms with van der Waals surface area (Å²) in [5.41, 5.74) is 5.53. The van der Waals surface area contributed by atoms with Gasteiger partial charge in [-0.3, -0.25) is 0 Å². The van der Waals surface area contributed by atoms with Gasteiger partial charge in [-0.05, 0) is 24.3 Å². The van der Waals surface area contributed by atoms with E-state index in [1.807, 2.05) is 0 Å². The third-order valence-electron chi connectivity index (χ3n) is 1.87. The van der Waals surface area contributed by atoms with E-state index in [9.17, 15) is 0 Å². The van der Waals surface area contributed by atoms with E-state index < -0.39 is 0 Å². The van der Waals surface area contributed by atoms with E-state index in [-0.39, 0.29) is 0 Å². The molecule has 5 heteroatoms. The molecule has 1 aromatic heterocycles. The lowest BCUT2D eigenvalue weighted by Crippen LogP contribution is -1.91. The minimum Gasteiger partial charge on any atom is -0.456 e. The van der Waals surface area contributed by atoms with Crippen LogP contribution in [0.5, 0.6) is 11.5 Å². The highest BCUT2D eigenvalue weighted by atomic mass is 35.5. The van der Waals surface area contributed by atoms with Gasteiger partial charge in [0, 0.05) is 17.3 Å². The number of nitrogens with zero attached hydrogens (tertiary/aromatic N) is 1. The summed E-state index contributed by atoms with van der Waals surface area (Å²) < 4.78 is 5.53. The molecule has 0 aliphatic heterocycles. The van der Waals surface area contributed by atoms with Crippen molar-refractivity contribution in [3.8, 4) is 11.5 Å². The highest BCUT2D eigenvalue weighted by molar-refractivity contribution is 6.35. The van der Waals surface area contributed by atoms with E-state index in [0.29, 0.717) is 27.4 Å². The Balaban J connectivity index is 2.27. The van der Waals surface area contributed by atoms with Gasteiger partial charge in [-0.1, -0.05) is 23.2 Å². The molecule has 0 saturated carbocycles. The number of hydrogen-bond donors (Lipinski definition) is 1. The molecule has 3 nitrogen and oxygen atoms in total. The van der Waals surface area contributed by atoms with Gasteiger partial charge in [-0.15, -0.1) is 0 Å². The SMILES string of the molecule is Nc1cc(Oc2ccc(Cl)cc2Cl)ccn1. The van der Waals surface area contributed by atoms with Crippen molar-refractivity contribution in [3.05, 3.63) is 46.6 Å². The van der Waals surface area contributed by atoms with Gasteiger partial charge in [-0.2, -0.15) is 0 Å². The maximum absolute atomic E-state index is 5.96. The average molecular weight is 255 g/mol. The first-order valence-corrected chi connectivity index (χ1v) is 5.25. The van der Waals surface area contributed by atoms with E-state index in [4.69, 9.17) is 33.7 Å². The fourth-order valence-corrected chi connectivity index (χ4v) is 1.62. The quantitative estimate of drug-likeness (QED) is 0.888. The second-order valence-corrected chi connectivity index (χ2v) is 3.94. The molecule has 0 fully saturated rings. The first kappa shape index (κ1) is 11.0. The molecule has 82 valence electrons. The normalized spacial score (nSPS) is 10.1. The highest BCUT2D eigenvalue weighted by Gasteiger charge is 2.04. The van der Waals surface area contributed by atoms with Crippen molar-refractivity contribution < 1.29 is 4.74 Å². The summed E-state index contributed by atoms with van der Waals surface area (Å²) >= 11 is 11.7. The molecule has 0 unspecified atom stereocenters. The zero-order valence-electron chi connectivity index (χ0n) is 8.15. The Morgan fingerprint density at radius 3 is 2.62 bits per heavy atom. The Kier molecular flexibility index (Phi) is 3.17. The molecule has 2 aromatic rings. The molecular weight excluding hydrogens is 247 g/mol. The van der Waals surface area contributed by atoms with Crippen molar-refractivity contribution in [2.24, 2.45) is 0 Å². The Labute approximate surface area is 103 Å². The first-order chi connectivity index (χ1) is 7.65. The summed E-state index contributed by atoms with van der Waals surface area (Å²) in [7, 11) is 0. The fourth-order valence-electron chi connectivity index (χ4n) is 1.18.